The Balaban J connectivity index is 1.62. The predicted octanol–water partition coefficient (Wildman–Crippen LogP) is 5.42. The van der Waals surface area contributed by atoms with Gasteiger partial charge in [0, 0.05) is 28.9 Å². The van der Waals surface area contributed by atoms with Crippen molar-refractivity contribution in [1.29, 1.82) is 0 Å². The van der Waals surface area contributed by atoms with Crippen LogP contribution in [0.1, 0.15) is 37.2 Å². The number of fused-ring (bicyclic) bond motifs is 1. The summed E-state index contributed by atoms with van der Waals surface area (Å²) < 4.78 is 0. The van der Waals surface area contributed by atoms with Gasteiger partial charge in [-0.15, -0.1) is 0 Å². The van der Waals surface area contributed by atoms with E-state index in [2.05, 4.69) is 53.5 Å². The summed E-state index contributed by atoms with van der Waals surface area (Å²) >= 11 is 0. The molecule has 134 valence electrons. The van der Waals surface area contributed by atoms with Crippen molar-refractivity contribution in [1.82, 2.24) is 9.97 Å². The molecule has 1 aliphatic rings. The predicted molar refractivity (Wildman–Crippen MR) is 117 cm³/mol. The van der Waals surface area contributed by atoms with Crippen molar-refractivity contribution in [3.05, 3.63) is 78.6 Å². The van der Waals surface area contributed by atoms with Crippen LogP contribution in [0.25, 0.3) is 33.2 Å². The van der Waals surface area contributed by atoms with Crippen LogP contribution >= 0.6 is 0 Å². The highest BCUT2D eigenvalue weighted by Crippen LogP contribution is 2.36. The quantitative estimate of drug-likeness (QED) is 0.456. The maximum absolute atomic E-state index is 6.19. The van der Waals surface area contributed by atoms with Gasteiger partial charge >= 0.3 is 0 Å². The first-order chi connectivity index (χ1) is 13.8. The Bertz CT molecular complexity index is 1130. The van der Waals surface area contributed by atoms with Crippen LogP contribution in [0.5, 0.6) is 0 Å². The molecule has 2 nitrogen and oxygen atoms in total. The smallest absolute Gasteiger partial charge is 0.141 e. The molecule has 1 saturated carbocycles. The fraction of sp³-hybridized carbons (Fsp3) is 0.200. The van der Waals surface area contributed by atoms with Crippen LogP contribution in [0.2, 0.25) is 0 Å². The largest absolute Gasteiger partial charge is 0.264 e. The fourth-order valence-corrected chi connectivity index (χ4v) is 4.41. The van der Waals surface area contributed by atoms with Gasteiger partial charge in [0.05, 0.1) is 5.69 Å². The van der Waals surface area contributed by atoms with Gasteiger partial charge in [-0.05, 0) is 59.1 Å². The number of hydrogen-bond acceptors (Lipinski definition) is 2. The molecule has 4 aromatic rings. The van der Waals surface area contributed by atoms with E-state index in [0.29, 0.717) is 11.5 Å². The van der Waals surface area contributed by atoms with Crippen LogP contribution in [0.15, 0.2) is 73.1 Å². The molecule has 2 radical (unpaired) electrons. The van der Waals surface area contributed by atoms with Gasteiger partial charge in [0.2, 0.25) is 0 Å². The number of pyridine rings is 2. The van der Waals surface area contributed by atoms with Crippen molar-refractivity contribution in [3.8, 4) is 22.4 Å². The average molecular weight is 360 g/mol. The summed E-state index contributed by atoms with van der Waals surface area (Å²) in [4.78, 5) is 8.93. The lowest BCUT2D eigenvalue weighted by Crippen LogP contribution is -2.09. The van der Waals surface area contributed by atoms with Crippen molar-refractivity contribution >= 4 is 24.2 Å². The molecule has 0 unspecified atom stereocenters. The molecule has 0 aliphatic heterocycles. The van der Waals surface area contributed by atoms with Crippen LogP contribution < -0.4 is 5.59 Å². The number of benzene rings is 2. The average Bonchev–Trinajstić information content (AvgIpc) is 3.28. The first-order valence-corrected chi connectivity index (χ1v) is 9.99. The third kappa shape index (κ3) is 3.22. The maximum Gasteiger partial charge on any atom is 0.141 e. The molecule has 3 heteroatoms. The second-order valence-corrected chi connectivity index (χ2v) is 7.68. The van der Waals surface area contributed by atoms with Crippen LogP contribution in [0.4, 0.5) is 0 Å². The number of hydrogen-bond donors (Lipinski definition) is 0. The summed E-state index contributed by atoms with van der Waals surface area (Å²) in [5.41, 5.74) is 6.25. The van der Waals surface area contributed by atoms with Crippen molar-refractivity contribution < 1.29 is 0 Å². The van der Waals surface area contributed by atoms with Crippen LogP contribution in [-0.2, 0) is 0 Å². The Hall–Kier alpha value is -2.94. The first-order valence-electron chi connectivity index (χ1n) is 9.99. The zero-order valence-corrected chi connectivity index (χ0v) is 15.8. The second-order valence-electron chi connectivity index (χ2n) is 7.68. The van der Waals surface area contributed by atoms with Gasteiger partial charge in [-0.25, -0.2) is 0 Å². The Labute approximate surface area is 167 Å². The van der Waals surface area contributed by atoms with Crippen LogP contribution in [0, 0.1) is 0 Å². The van der Waals surface area contributed by atoms with E-state index in [-0.39, 0.29) is 0 Å². The van der Waals surface area contributed by atoms with Crippen LogP contribution in [-0.4, -0.2) is 17.8 Å². The second kappa shape index (κ2) is 7.24. The van der Waals surface area contributed by atoms with E-state index in [1.54, 1.807) is 6.20 Å². The van der Waals surface area contributed by atoms with E-state index < -0.39 is 0 Å². The summed E-state index contributed by atoms with van der Waals surface area (Å²) in [6.45, 7) is 0. The Kier molecular flexibility index (Phi) is 4.44. The lowest BCUT2D eigenvalue weighted by Gasteiger charge is -2.14. The monoisotopic (exact) mass is 360 g/mol. The van der Waals surface area contributed by atoms with Gasteiger partial charge in [-0.1, -0.05) is 55.3 Å². The molecule has 5 rings (SSSR count). The summed E-state index contributed by atoms with van der Waals surface area (Å²) in [6, 6.07) is 21.3. The van der Waals surface area contributed by atoms with E-state index in [9.17, 15) is 0 Å². The molecule has 1 aliphatic carbocycles. The summed E-state index contributed by atoms with van der Waals surface area (Å²) in [6.07, 6.45) is 8.96. The number of aromatic nitrogens is 2. The van der Waals surface area contributed by atoms with Gasteiger partial charge in [-0.2, -0.15) is 0 Å². The van der Waals surface area contributed by atoms with Crippen molar-refractivity contribution in [2.45, 2.75) is 31.6 Å². The molecule has 2 aromatic carbocycles. The Morgan fingerprint density at radius 3 is 2.46 bits per heavy atom. The van der Waals surface area contributed by atoms with E-state index >= 15 is 0 Å². The molecule has 28 heavy (non-hydrogen) atoms. The Morgan fingerprint density at radius 2 is 1.64 bits per heavy atom. The topological polar surface area (TPSA) is 25.8 Å². The summed E-state index contributed by atoms with van der Waals surface area (Å²) in [5, 5.41) is 2.33. The molecule has 0 atom stereocenters. The molecule has 1 fully saturated rings. The highest BCUT2D eigenvalue weighted by molar-refractivity contribution is 6.32. The third-order valence-electron chi connectivity index (χ3n) is 5.83. The molecule has 0 saturated heterocycles. The Morgan fingerprint density at radius 1 is 0.821 bits per heavy atom. The summed E-state index contributed by atoms with van der Waals surface area (Å²) in [5.74, 6) is 0.691. The molecule has 0 N–H and O–H groups in total. The molecule has 0 spiro atoms. The summed E-state index contributed by atoms with van der Waals surface area (Å²) in [7, 11) is 6.19. The van der Waals surface area contributed by atoms with E-state index in [1.807, 2.05) is 18.3 Å². The minimum Gasteiger partial charge on any atom is -0.264 e. The minimum atomic E-state index is 0.567. The molecule has 0 amide bonds. The third-order valence-corrected chi connectivity index (χ3v) is 5.83. The van der Waals surface area contributed by atoms with Gasteiger partial charge < -0.3 is 0 Å². The van der Waals surface area contributed by atoms with Gasteiger partial charge in [-0.3, -0.25) is 9.97 Å². The molecular formula is C25H21BN2. The van der Waals surface area contributed by atoms with E-state index in [4.69, 9.17) is 12.8 Å². The number of nitrogens with zero attached hydrogens (tertiary/aromatic N) is 2. The molecule has 2 aromatic heterocycles. The van der Waals surface area contributed by atoms with E-state index in [0.717, 1.165) is 27.8 Å². The normalized spacial score (nSPS) is 14.6. The van der Waals surface area contributed by atoms with Crippen molar-refractivity contribution in [2.75, 3.05) is 0 Å². The minimum absolute atomic E-state index is 0.567. The number of rotatable bonds is 3. The van der Waals surface area contributed by atoms with E-state index in [1.165, 1.54) is 36.6 Å². The standard InChI is InChI=1S/C25H21BN2/c26-24-15-22-14-19(17-5-1-2-6-17)10-11-23(22)25(28-24)20-8-3-7-18(13-20)21-9-4-12-27-16-21/h3-4,7-17H,1-2,5-6H2. The highest BCUT2D eigenvalue weighted by Gasteiger charge is 2.18. The van der Waals surface area contributed by atoms with Gasteiger partial charge in [0.1, 0.15) is 7.85 Å². The van der Waals surface area contributed by atoms with Crippen molar-refractivity contribution in [2.24, 2.45) is 0 Å². The SMILES string of the molecule is [B]c1cc2cc(C3CCCC3)ccc2c(-c2cccc(-c3cccnc3)c2)n1. The first kappa shape index (κ1) is 17.2. The molecule has 0 bridgehead atoms. The zero-order chi connectivity index (χ0) is 18.9. The van der Waals surface area contributed by atoms with Crippen LogP contribution in [0.3, 0.4) is 0 Å². The van der Waals surface area contributed by atoms with Gasteiger partial charge in [0.15, 0.2) is 0 Å². The molecule has 2 heterocycles. The maximum atomic E-state index is 6.19. The van der Waals surface area contributed by atoms with Gasteiger partial charge in [0.25, 0.3) is 0 Å². The zero-order valence-electron chi connectivity index (χ0n) is 15.8. The lowest BCUT2D eigenvalue weighted by molar-refractivity contribution is 0.724. The fourth-order valence-electron chi connectivity index (χ4n) is 4.41. The highest BCUT2D eigenvalue weighted by atomic mass is 14.7. The lowest BCUT2D eigenvalue weighted by atomic mass is 9.91. The molecular weight excluding hydrogens is 339 g/mol. The van der Waals surface area contributed by atoms with Crippen molar-refractivity contribution in [3.63, 3.8) is 0 Å².